The van der Waals surface area contributed by atoms with E-state index in [1.54, 1.807) is 54.9 Å². The molecular weight excluding hydrogens is 376 g/mol. The molecule has 3 aromatic rings. The fraction of sp³-hybridized carbons (Fsp3) is 0.0952. The molecule has 1 aromatic heterocycles. The first-order chi connectivity index (χ1) is 13.5. The predicted octanol–water partition coefficient (Wildman–Crippen LogP) is 3.30. The Morgan fingerprint density at radius 1 is 1.00 bits per heavy atom. The van der Waals surface area contributed by atoms with Gasteiger partial charge in [-0.3, -0.25) is 14.6 Å². The number of hydrogen-bond acceptors (Lipinski definition) is 4. The van der Waals surface area contributed by atoms with E-state index in [1.807, 2.05) is 18.2 Å². The smallest absolute Gasteiger partial charge is 0.255 e. The zero-order chi connectivity index (χ0) is 19.9. The van der Waals surface area contributed by atoms with Gasteiger partial charge >= 0.3 is 0 Å². The first-order valence-electron chi connectivity index (χ1n) is 8.62. The van der Waals surface area contributed by atoms with Crippen molar-refractivity contribution in [3.8, 4) is 0 Å². The van der Waals surface area contributed by atoms with Gasteiger partial charge in [-0.1, -0.05) is 41.9 Å². The lowest BCUT2D eigenvalue weighted by molar-refractivity contribution is -0.122. The quantitative estimate of drug-likeness (QED) is 0.597. The number of anilines is 1. The number of carbonyl (C=O) groups is 2. The van der Waals surface area contributed by atoms with Gasteiger partial charge in [0.2, 0.25) is 5.91 Å². The van der Waals surface area contributed by atoms with Crippen molar-refractivity contribution in [1.82, 2.24) is 10.3 Å². The second-order valence-electron chi connectivity index (χ2n) is 6.10. The summed E-state index contributed by atoms with van der Waals surface area (Å²) in [5, 5.41) is 6.13. The number of nitrogens with zero attached hydrogens (tertiary/aromatic N) is 1. The van der Waals surface area contributed by atoms with E-state index < -0.39 is 6.04 Å². The molecule has 3 rings (SSSR count). The van der Waals surface area contributed by atoms with E-state index in [-0.39, 0.29) is 11.8 Å². The zero-order valence-corrected chi connectivity index (χ0v) is 15.7. The van der Waals surface area contributed by atoms with Gasteiger partial charge in [0, 0.05) is 35.2 Å². The van der Waals surface area contributed by atoms with Crippen LogP contribution < -0.4 is 16.4 Å². The average molecular weight is 395 g/mol. The van der Waals surface area contributed by atoms with Gasteiger partial charge < -0.3 is 16.4 Å². The van der Waals surface area contributed by atoms with E-state index in [0.29, 0.717) is 28.4 Å². The minimum atomic E-state index is -0.847. The van der Waals surface area contributed by atoms with Gasteiger partial charge in [0.05, 0.1) is 0 Å². The van der Waals surface area contributed by atoms with Crippen molar-refractivity contribution >= 4 is 29.1 Å². The van der Waals surface area contributed by atoms with E-state index in [1.165, 1.54) is 0 Å². The van der Waals surface area contributed by atoms with Gasteiger partial charge in [-0.25, -0.2) is 0 Å². The lowest BCUT2D eigenvalue weighted by Gasteiger charge is -2.14. The second-order valence-corrected chi connectivity index (χ2v) is 6.51. The maximum absolute atomic E-state index is 12.3. The third-order valence-electron chi connectivity index (χ3n) is 4.16. The van der Waals surface area contributed by atoms with Crippen molar-refractivity contribution in [2.75, 3.05) is 5.32 Å². The Balaban J connectivity index is 1.59. The van der Waals surface area contributed by atoms with Crippen LogP contribution in [0.5, 0.6) is 0 Å². The largest absolute Gasteiger partial charge is 0.350 e. The summed E-state index contributed by atoms with van der Waals surface area (Å²) in [4.78, 5) is 28.5. The first kappa shape index (κ1) is 19.5. The molecule has 0 aliphatic heterocycles. The molecule has 0 aliphatic carbocycles. The number of pyridine rings is 1. The molecular formula is C21H19ClN4O2. The maximum atomic E-state index is 12.3. The van der Waals surface area contributed by atoms with E-state index in [0.717, 1.165) is 5.56 Å². The van der Waals surface area contributed by atoms with Gasteiger partial charge in [-0.2, -0.15) is 0 Å². The number of hydrogen-bond donors (Lipinski definition) is 3. The normalized spacial score (nSPS) is 11.5. The summed E-state index contributed by atoms with van der Waals surface area (Å²) in [6, 6.07) is 16.4. The van der Waals surface area contributed by atoms with Crippen molar-refractivity contribution in [1.29, 1.82) is 0 Å². The number of benzene rings is 2. The first-order valence-corrected chi connectivity index (χ1v) is 9.00. The van der Waals surface area contributed by atoms with Gasteiger partial charge in [0.1, 0.15) is 6.04 Å². The highest BCUT2D eigenvalue weighted by Gasteiger charge is 2.16. The molecule has 0 bridgehead atoms. The van der Waals surface area contributed by atoms with Crippen molar-refractivity contribution in [3.05, 3.63) is 94.8 Å². The van der Waals surface area contributed by atoms with Crippen LogP contribution in [0.4, 0.5) is 5.69 Å². The Morgan fingerprint density at radius 3 is 2.36 bits per heavy atom. The molecule has 0 radical (unpaired) electrons. The maximum Gasteiger partial charge on any atom is 0.255 e. The van der Waals surface area contributed by atoms with Gasteiger partial charge in [0.15, 0.2) is 0 Å². The Morgan fingerprint density at radius 2 is 1.68 bits per heavy atom. The molecule has 4 N–H and O–H groups in total. The van der Waals surface area contributed by atoms with Crippen LogP contribution in [-0.4, -0.2) is 16.8 Å². The van der Waals surface area contributed by atoms with Crippen LogP contribution in [0.1, 0.15) is 27.5 Å². The summed E-state index contributed by atoms with van der Waals surface area (Å²) in [6.07, 6.45) is 3.19. The summed E-state index contributed by atoms with van der Waals surface area (Å²) in [6.45, 7) is 0.290. The molecule has 0 fully saturated rings. The number of nitrogens with one attached hydrogen (secondary N) is 2. The molecule has 6 nitrogen and oxygen atoms in total. The minimum absolute atomic E-state index is 0.255. The molecule has 7 heteroatoms. The topological polar surface area (TPSA) is 97.1 Å². The fourth-order valence-electron chi connectivity index (χ4n) is 2.57. The molecule has 1 heterocycles. The molecule has 0 saturated carbocycles. The number of carbonyl (C=O) groups excluding carboxylic acids is 2. The highest BCUT2D eigenvalue weighted by atomic mass is 35.5. The molecule has 142 valence electrons. The Labute approximate surface area is 167 Å². The van der Waals surface area contributed by atoms with Crippen LogP contribution in [0.15, 0.2) is 73.1 Å². The number of amides is 2. The third kappa shape index (κ3) is 4.94. The number of rotatable bonds is 6. The molecule has 0 aliphatic rings. The van der Waals surface area contributed by atoms with Crippen molar-refractivity contribution in [2.45, 2.75) is 12.6 Å². The van der Waals surface area contributed by atoms with Crippen LogP contribution >= 0.6 is 11.6 Å². The Bertz CT molecular complexity index is 962. The second kappa shape index (κ2) is 9.12. The molecule has 2 aromatic carbocycles. The zero-order valence-electron chi connectivity index (χ0n) is 14.9. The molecule has 1 unspecified atom stereocenters. The van der Waals surface area contributed by atoms with Crippen molar-refractivity contribution in [3.63, 3.8) is 0 Å². The highest BCUT2D eigenvalue weighted by Crippen LogP contribution is 2.16. The van der Waals surface area contributed by atoms with Crippen LogP contribution in [0.2, 0.25) is 5.02 Å². The number of nitrogens with two attached hydrogens (primary N) is 1. The van der Waals surface area contributed by atoms with E-state index >= 15 is 0 Å². The van der Waals surface area contributed by atoms with E-state index in [9.17, 15) is 9.59 Å². The van der Waals surface area contributed by atoms with Gasteiger partial charge in [-0.15, -0.1) is 0 Å². The van der Waals surface area contributed by atoms with Crippen LogP contribution in [0.3, 0.4) is 0 Å². The van der Waals surface area contributed by atoms with Crippen molar-refractivity contribution < 1.29 is 9.59 Å². The van der Waals surface area contributed by atoms with Gasteiger partial charge in [-0.05, 0) is 41.5 Å². The summed E-state index contributed by atoms with van der Waals surface area (Å²) in [7, 11) is 0. The van der Waals surface area contributed by atoms with Crippen LogP contribution in [0, 0.1) is 0 Å². The molecule has 0 spiro atoms. The summed E-state index contributed by atoms with van der Waals surface area (Å²) in [5.74, 6) is -0.580. The standard InChI is InChI=1S/C21H19ClN4O2/c22-18-4-2-1-3-16(18)13-25-21(28)19(23)14-5-7-15(8-6-14)20(27)26-17-9-11-24-12-10-17/h1-12,19H,13,23H2,(H,25,28)(H,24,26,27). The van der Waals surface area contributed by atoms with Crippen LogP contribution in [0.25, 0.3) is 0 Å². The highest BCUT2D eigenvalue weighted by molar-refractivity contribution is 6.31. The molecule has 0 saturated heterocycles. The van der Waals surface area contributed by atoms with E-state index in [2.05, 4.69) is 15.6 Å². The third-order valence-corrected chi connectivity index (χ3v) is 4.53. The predicted molar refractivity (Wildman–Crippen MR) is 109 cm³/mol. The number of aromatic nitrogens is 1. The summed E-state index contributed by atoms with van der Waals surface area (Å²) >= 11 is 6.09. The Hall–Kier alpha value is -3.22. The molecule has 28 heavy (non-hydrogen) atoms. The summed E-state index contributed by atoms with van der Waals surface area (Å²) in [5.41, 5.74) is 8.57. The van der Waals surface area contributed by atoms with Crippen LogP contribution in [-0.2, 0) is 11.3 Å². The molecule has 1 atom stereocenters. The monoisotopic (exact) mass is 394 g/mol. The fourth-order valence-corrected chi connectivity index (χ4v) is 2.77. The van der Waals surface area contributed by atoms with Crippen molar-refractivity contribution in [2.24, 2.45) is 5.73 Å². The van der Waals surface area contributed by atoms with Gasteiger partial charge in [0.25, 0.3) is 5.91 Å². The number of halogens is 1. The minimum Gasteiger partial charge on any atom is -0.350 e. The van der Waals surface area contributed by atoms with E-state index in [4.69, 9.17) is 17.3 Å². The average Bonchev–Trinajstić information content (AvgIpc) is 2.73. The Kier molecular flexibility index (Phi) is 6.37. The SMILES string of the molecule is NC(C(=O)NCc1ccccc1Cl)c1ccc(C(=O)Nc2ccncc2)cc1. The lowest BCUT2D eigenvalue weighted by atomic mass is 10.0. The lowest BCUT2D eigenvalue weighted by Crippen LogP contribution is -2.33. The summed E-state index contributed by atoms with van der Waals surface area (Å²) < 4.78 is 0. The molecule has 2 amide bonds.